The van der Waals surface area contributed by atoms with Crippen LogP contribution in [0.3, 0.4) is 0 Å². The summed E-state index contributed by atoms with van der Waals surface area (Å²) in [6.07, 6.45) is 0.258. The zero-order chi connectivity index (χ0) is 21.3. The van der Waals surface area contributed by atoms with Crippen molar-refractivity contribution in [3.05, 3.63) is 63.7 Å². The van der Waals surface area contributed by atoms with E-state index in [2.05, 4.69) is 11.0 Å². The van der Waals surface area contributed by atoms with Gasteiger partial charge in [0.2, 0.25) is 5.91 Å². The molecule has 2 aromatic rings. The molecule has 1 saturated heterocycles. The van der Waals surface area contributed by atoms with Gasteiger partial charge in [0.15, 0.2) is 11.5 Å². The van der Waals surface area contributed by atoms with Crippen LogP contribution in [0.4, 0.5) is 5.69 Å². The van der Waals surface area contributed by atoms with Crippen molar-refractivity contribution >= 4 is 35.0 Å². The van der Waals surface area contributed by atoms with Gasteiger partial charge in [0.25, 0.3) is 0 Å². The minimum absolute atomic E-state index is 0.00151. The van der Waals surface area contributed by atoms with Crippen molar-refractivity contribution in [3.63, 3.8) is 0 Å². The summed E-state index contributed by atoms with van der Waals surface area (Å²) < 4.78 is 10.7. The SMILES string of the molecule is COc1ccc(N2CSC3=C(C#N)[C@H](c4ccc(Cl)cc4)CC(=O)N3C2)cc1OC. The number of nitriles is 1. The zero-order valence-electron chi connectivity index (χ0n) is 16.6. The van der Waals surface area contributed by atoms with E-state index in [0.717, 1.165) is 16.3 Å². The van der Waals surface area contributed by atoms with Crippen molar-refractivity contribution in [2.24, 2.45) is 0 Å². The topological polar surface area (TPSA) is 65.8 Å². The van der Waals surface area contributed by atoms with E-state index >= 15 is 0 Å². The number of hydrogen-bond acceptors (Lipinski definition) is 6. The molecule has 0 bridgehead atoms. The number of rotatable bonds is 4. The van der Waals surface area contributed by atoms with Crippen molar-refractivity contribution in [3.8, 4) is 17.6 Å². The number of anilines is 1. The third kappa shape index (κ3) is 3.69. The number of carbonyl (C=O) groups excluding carboxylic acids is 1. The van der Waals surface area contributed by atoms with Gasteiger partial charge >= 0.3 is 0 Å². The first-order valence-electron chi connectivity index (χ1n) is 9.35. The highest BCUT2D eigenvalue weighted by molar-refractivity contribution is 8.03. The second kappa shape index (κ2) is 8.50. The van der Waals surface area contributed by atoms with Crippen molar-refractivity contribution in [2.45, 2.75) is 12.3 Å². The van der Waals surface area contributed by atoms with Gasteiger partial charge in [0.1, 0.15) is 0 Å². The predicted octanol–water partition coefficient (Wildman–Crippen LogP) is 4.58. The van der Waals surface area contributed by atoms with Crippen LogP contribution in [0.1, 0.15) is 17.9 Å². The summed E-state index contributed by atoms with van der Waals surface area (Å²) in [5.74, 6) is 1.66. The maximum Gasteiger partial charge on any atom is 0.229 e. The number of nitrogens with zero attached hydrogens (tertiary/aromatic N) is 3. The highest BCUT2D eigenvalue weighted by Gasteiger charge is 2.38. The van der Waals surface area contributed by atoms with E-state index in [1.807, 2.05) is 30.3 Å². The highest BCUT2D eigenvalue weighted by Crippen LogP contribution is 2.44. The lowest BCUT2D eigenvalue weighted by Crippen LogP contribution is -2.47. The number of allylic oxidation sites excluding steroid dienone is 1. The molecule has 4 rings (SSSR count). The Morgan fingerprint density at radius 3 is 2.53 bits per heavy atom. The maximum atomic E-state index is 13.0. The van der Waals surface area contributed by atoms with E-state index in [4.69, 9.17) is 21.1 Å². The maximum absolute atomic E-state index is 13.0. The van der Waals surface area contributed by atoms with Crippen LogP contribution in [-0.4, -0.2) is 37.6 Å². The second-order valence-corrected chi connectivity index (χ2v) is 8.32. The minimum atomic E-state index is -0.244. The van der Waals surface area contributed by atoms with Gasteiger partial charge in [-0.05, 0) is 29.8 Å². The smallest absolute Gasteiger partial charge is 0.229 e. The fourth-order valence-electron chi connectivity index (χ4n) is 3.73. The van der Waals surface area contributed by atoms with E-state index in [0.29, 0.717) is 34.6 Å². The normalized spacial score (nSPS) is 18.7. The second-order valence-electron chi connectivity index (χ2n) is 6.95. The molecule has 0 aliphatic carbocycles. The highest BCUT2D eigenvalue weighted by atomic mass is 35.5. The summed E-state index contributed by atoms with van der Waals surface area (Å²) in [7, 11) is 3.19. The molecule has 0 aromatic heterocycles. The summed E-state index contributed by atoms with van der Waals surface area (Å²) in [4.78, 5) is 16.8. The molecule has 0 spiro atoms. The van der Waals surface area contributed by atoms with Crippen LogP contribution in [0.15, 0.2) is 53.1 Å². The van der Waals surface area contributed by atoms with Crippen molar-refractivity contribution in [2.75, 3.05) is 31.7 Å². The number of hydrogen-bond donors (Lipinski definition) is 0. The van der Waals surface area contributed by atoms with Gasteiger partial charge in [-0.2, -0.15) is 5.26 Å². The predicted molar refractivity (Wildman–Crippen MR) is 118 cm³/mol. The quantitative estimate of drug-likeness (QED) is 0.692. The Morgan fingerprint density at radius 1 is 1.13 bits per heavy atom. The van der Waals surface area contributed by atoms with Crippen LogP contribution >= 0.6 is 23.4 Å². The number of methoxy groups -OCH3 is 2. The van der Waals surface area contributed by atoms with Crippen LogP contribution < -0.4 is 14.4 Å². The molecule has 0 N–H and O–H groups in total. The van der Waals surface area contributed by atoms with Crippen LogP contribution in [0, 0.1) is 11.3 Å². The lowest BCUT2D eigenvalue weighted by atomic mass is 9.86. The fraction of sp³-hybridized carbons (Fsp3) is 0.273. The summed E-state index contributed by atoms with van der Waals surface area (Å²) >= 11 is 7.50. The summed E-state index contributed by atoms with van der Waals surface area (Å²) in [5, 5.41) is 11.3. The molecule has 0 radical (unpaired) electrons. The lowest BCUT2D eigenvalue weighted by molar-refractivity contribution is -0.129. The van der Waals surface area contributed by atoms with Crippen molar-refractivity contribution in [1.29, 1.82) is 5.26 Å². The van der Waals surface area contributed by atoms with Gasteiger partial charge in [-0.25, -0.2) is 0 Å². The number of halogens is 1. The standard InChI is InChI=1S/C22H20ClN3O3S/c1-28-19-8-7-16(9-20(19)29-2)25-12-26-21(27)10-17(14-3-5-15(23)6-4-14)18(11-24)22(26)30-13-25/h3-9,17H,10,12-13H2,1-2H3/t17-/m0/s1. The van der Waals surface area contributed by atoms with Crippen LogP contribution in [0.5, 0.6) is 11.5 Å². The van der Waals surface area contributed by atoms with Gasteiger partial charge in [-0.15, -0.1) is 0 Å². The van der Waals surface area contributed by atoms with Gasteiger partial charge in [-0.1, -0.05) is 35.5 Å². The van der Waals surface area contributed by atoms with Crippen LogP contribution in [0.25, 0.3) is 0 Å². The largest absolute Gasteiger partial charge is 0.493 e. The summed E-state index contributed by atoms with van der Waals surface area (Å²) in [6.45, 7) is 0.384. The molecular weight excluding hydrogens is 422 g/mol. The monoisotopic (exact) mass is 441 g/mol. The van der Waals surface area contributed by atoms with Crippen molar-refractivity contribution < 1.29 is 14.3 Å². The van der Waals surface area contributed by atoms with E-state index in [-0.39, 0.29) is 18.2 Å². The molecule has 2 heterocycles. The van der Waals surface area contributed by atoms with E-state index < -0.39 is 0 Å². The Morgan fingerprint density at radius 2 is 1.87 bits per heavy atom. The molecule has 2 aliphatic rings. The van der Waals surface area contributed by atoms with Crippen LogP contribution in [-0.2, 0) is 4.79 Å². The first-order chi connectivity index (χ1) is 14.5. The number of benzene rings is 2. The molecule has 154 valence electrons. The molecule has 8 heteroatoms. The van der Waals surface area contributed by atoms with Gasteiger partial charge < -0.3 is 14.4 Å². The Bertz CT molecular complexity index is 1050. The van der Waals surface area contributed by atoms with Crippen LogP contribution in [0.2, 0.25) is 5.02 Å². The number of amides is 1. The molecule has 0 saturated carbocycles. The molecule has 1 atom stereocenters. The third-order valence-electron chi connectivity index (χ3n) is 5.30. The molecule has 2 aromatic carbocycles. The van der Waals surface area contributed by atoms with Gasteiger partial charge in [-0.3, -0.25) is 9.69 Å². The summed E-state index contributed by atoms with van der Waals surface area (Å²) in [6, 6.07) is 15.4. The molecule has 1 fully saturated rings. The molecule has 1 amide bonds. The van der Waals surface area contributed by atoms with E-state index in [1.54, 1.807) is 31.3 Å². The Labute approximate surface area is 184 Å². The van der Waals surface area contributed by atoms with Gasteiger partial charge in [0.05, 0.1) is 43.4 Å². The molecule has 6 nitrogen and oxygen atoms in total. The molecule has 2 aliphatic heterocycles. The number of carbonyl (C=O) groups is 1. The first kappa shape index (κ1) is 20.5. The molecule has 0 unspecified atom stereocenters. The number of ether oxygens (including phenoxy) is 2. The van der Waals surface area contributed by atoms with Crippen molar-refractivity contribution in [1.82, 2.24) is 4.90 Å². The zero-order valence-corrected chi connectivity index (χ0v) is 18.2. The number of fused-ring (bicyclic) bond motifs is 1. The lowest BCUT2D eigenvalue weighted by Gasteiger charge is -2.42. The minimum Gasteiger partial charge on any atom is -0.493 e. The van der Waals surface area contributed by atoms with E-state index in [9.17, 15) is 10.1 Å². The van der Waals surface area contributed by atoms with E-state index in [1.165, 1.54) is 11.8 Å². The van der Waals surface area contributed by atoms with Gasteiger partial charge in [0, 0.05) is 29.1 Å². The number of thioether (sulfide) groups is 1. The average molecular weight is 442 g/mol. The fourth-order valence-corrected chi connectivity index (χ4v) is 5.02. The Kier molecular flexibility index (Phi) is 5.80. The summed E-state index contributed by atoms with van der Waals surface area (Å²) in [5.41, 5.74) is 2.48. The average Bonchev–Trinajstić information content (AvgIpc) is 2.78. The third-order valence-corrected chi connectivity index (χ3v) is 6.70. The Hall–Kier alpha value is -2.82. The molecular formula is C22H20ClN3O3S. The first-order valence-corrected chi connectivity index (χ1v) is 10.7. The molecule has 30 heavy (non-hydrogen) atoms. The Balaban J connectivity index is 1.64.